The second-order valence-corrected chi connectivity index (χ2v) is 4.70. The molecular formula is C12H15ClO2. The van der Waals surface area contributed by atoms with E-state index in [4.69, 9.17) is 16.3 Å². The minimum Gasteiger partial charge on any atom is -0.396 e. The molecule has 0 radical (unpaired) electrons. The molecule has 15 heavy (non-hydrogen) atoms. The summed E-state index contributed by atoms with van der Waals surface area (Å²) in [5, 5.41) is 10.2. The number of aliphatic hydroxyl groups is 1. The van der Waals surface area contributed by atoms with E-state index in [1.54, 1.807) is 0 Å². The summed E-state index contributed by atoms with van der Waals surface area (Å²) < 4.78 is 5.36. The van der Waals surface area contributed by atoms with Gasteiger partial charge in [0.15, 0.2) is 0 Å². The van der Waals surface area contributed by atoms with E-state index in [2.05, 4.69) is 0 Å². The van der Waals surface area contributed by atoms with Crippen LogP contribution in [0.3, 0.4) is 0 Å². The first-order valence-electron chi connectivity index (χ1n) is 5.17. The summed E-state index contributed by atoms with van der Waals surface area (Å²) in [6.07, 6.45) is 1.76. The molecule has 0 saturated carbocycles. The number of halogens is 1. The van der Waals surface area contributed by atoms with Crippen molar-refractivity contribution in [3.05, 3.63) is 34.9 Å². The van der Waals surface area contributed by atoms with E-state index >= 15 is 0 Å². The maximum absolute atomic E-state index is 9.43. The molecule has 1 aliphatic rings. The molecule has 1 fully saturated rings. The van der Waals surface area contributed by atoms with Crippen molar-refractivity contribution in [3.63, 3.8) is 0 Å². The molecule has 0 bridgehead atoms. The minimum absolute atomic E-state index is 0.0926. The predicted octanol–water partition coefficient (Wildman–Crippen LogP) is 2.28. The fourth-order valence-electron chi connectivity index (χ4n) is 2.05. The van der Waals surface area contributed by atoms with Crippen molar-refractivity contribution < 1.29 is 9.84 Å². The van der Waals surface area contributed by atoms with Crippen LogP contribution in [0.25, 0.3) is 0 Å². The van der Waals surface area contributed by atoms with Crippen LogP contribution in [-0.4, -0.2) is 24.9 Å². The third-order valence-corrected chi connectivity index (χ3v) is 3.22. The average Bonchev–Trinajstić information content (AvgIpc) is 2.67. The largest absolute Gasteiger partial charge is 0.396 e. The van der Waals surface area contributed by atoms with E-state index in [0.29, 0.717) is 6.61 Å². The molecule has 1 N–H and O–H groups in total. The summed E-state index contributed by atoms with van der Waals surface area (Å²) in [5.41, 5.74) is 1.08. The fourth-order valence-corrected chi connectivity index (χ4v) is 2.26. The maximum Gasteiger partial charge on any atom is 0.0548 e. The van der Waals surface area contributed by atoms with Gasteiger partial charge in [0.25, 0.3) is 0 Å². The molecule has 1 saturated heterocycles. The molecule has 0 aromatic heterocycles. The second-order valence-electron chi connectivity index (χ2n) is 4.27. The third-order valence-electron chi connectivity index (χ3n) is 2.99. The molecule has 1 atom stereocenters. The highest BCUT2D eigenvalue weighted by Crippen LogP contribution is 2.32. The zero-order chi connectivity index (χ0) is 10.7. The van der Waals surface area contributed by atoms with E-state index in [-0.39, 0.29) is 12.0 Å². The standard InChI is InChI=1S/C12H15ClO2/c13-11-3-1-2-10(6-11)7-12(8-14)4-5-15-9-12/h1-3,6,14H,4-5,7-9H2. The number of hydrogen-bond acceptors (Lipinski definition) is 2. The molecule has 1 heterocycles. The van der Waals surface area contributed by atoms with Gasteiger partial charge in [-0.2, -0.15) is 0 Å². The van der Waals surface area contributed by atoms with E-state index in [1.807, 2.05) is 24.3 Å². The van der Waals surface area contributed by atoms with Crippen LogP contribution in [0.5, 0.6) is 0 Å². The number of benzene rings is 1. The van der Waals surface area contributed by atoms with Gasteiger partial charge < -0.3 is 9.84 Å². The highest BCUT2D eigenvalue weighted by molar-refractivity contribution is 6.30. The lowest BCUT2D eigenvalue weighted by molar-refractivity contribution is 0.0935. The molecule has 3 heteroatoms. The fraction of sp³-hybridized carbons (Fsp3) is 0.500. The second kappa shape index (κ2) is 4.52. The third kappa shape index (κ3) is 2.51. The van der Waals surface area contributed by atoms with Crippen molar-refractivity contribution in [3.8, 4) is 0 Å². The lowest BCUT2D eigenvalue weighted by Crippen LogP contribution is -2.28. The van der Waals surface area contributed by atoms with Crippen molar-refractivity contribution >= 4 is 11.6 Å². The Balaban J connectivity index is 2.12. The Bertz CT molecular complexity index is 332. The predicted molar refractivity (Wildman–Crippen MR) is 60.1 cm³/mol. The Labute approximate surface area is 94.8 Å². The Morgan fingerprint density at radius 1 is 1.47 bits per heavy atom. The van der Waals surface area contributed by atoms with Crippen molar-refractivity contribution in [2.75, 3.05) is 19.8 Å². The number of hydrogen-bond donors (Lipinski definition) is 1. The minimum atomic E-state index is -0.0926. The van der Waals surface area contributed by atoms with Crippen molar-refractivity contribution in [2.24, 2.45) is 5.41 Å². The monoisotopic (exact) mass is 226 g/mol. The van der Waals surface area contributed by atoms with Crippen LogP contribution in [0.15, 0.2) is 24.3 Å². The molecule has 1 unspecified atom stereocenters. The normalized spacial score (nSPS) is 25.7. The molecule has 0 aliphatic carbocycles. The highest BCUT2D eigenvalue weighted by Gasteiger charge is 2.34. The van der Waals surface area contributed by atoms with Gasteiger partial charge in [0.2, 0.25) is 0 Å². The molecule has 1 aromatic carbocycles. The Hall–Kier alpha value is -0.570. The number of ether oxygens (including phenoxy) is 1. The lowest BCUT2D eigenvalue weighted by atomic mass is 9.82. The van der Waals surface area contributed by atoms with Crippen LogP contribution in [0.1, 0.15) is 12.0 Å². The lowest BCUT2D eigenvalue weighted by Gasteiger charge is -2.24. The summed E-state index contributed by atoms with van der Waals surface area (Å²) in [4.78, 5) is 0. The summed E-state index contributed by atoms with van der Waals surface area (Å²) >= 11 is 5.93. The van der Waals surface area contributed by atoms with Crippen LogP contribution in [0, 0.1) is 5.41 Å². The Kier molecular flexibility index (Phi) is 3.29. The number of aliphatic hydroxyl groups excluding tert-OH is 1. The van der Waals surface area contributed by atoms with Crippen LogP contribution in [0.2, 0.25) is 5.02 Å². The topological polar surface area (TPSA) is 29.5 Å². The molecule has 0 amide bonds. The summed E-state index contributed by atoms with van der Waals surface area (Å²) in [7, 11) is 0. The van der Waals surface area contributed by atoms with Crippen molar-refractivity contribution in [2.45, 2.75) is 12.8 Å². The van der Waals surface area contributed by atoms with Gasteiger partial charge in [-0.1, -0.05) is 23.7 Å². The van der Waals surface area contributed by atoms with Crippen LogP contribution in [0.4, 0.5) is 0 Å². The molecule has 0 spiro atoms. The van der Waals surface area contributed by atoms with Gasteiger partial charge in [-0.3, -0.25) is 0 Å². The van der Waals surface area contributed by atoms with E-state index in [1.165, 1.54) is 5.56 Å². The van der Waals surface area contributed by atoms with Gasteiger partial charge in [0.05, 0.1) is 13.2 Å². The average molecular weight is 227 g/mol. The van der Waals surface area contributed by atoms with Gasteiger partial charge >= 0.3 is 0 Å². The SMILES string of the molecule is OCC1(Cc2cccc(Cl)c2)CCOC1. The van der Waals surface area contributed by atoms with E-state index < -0.39 is 0 Å². The van der Waals surface area contributed by atoms with Gasteiger partial charge in [0.1, 0.15) is 0 Å². The molecular weight excluding hydrogens is 212 g/mol. The Morgan fingerprint density at radius 2 is 2.33 bits per heavy atom. The zero-order valence-corrected chi connectivity index (χ0v) is 9.33. The quantitative estimate of drug-likeness (QED) is 0.857. The maximum atomic E-state index is 9.43. The molecule has 2 rings (SSSR count). The molecule has 2 nitrogen and oxygen atoms in total. The Morgan fingerprint density at radius 3 is 2.93 bits per heavy atom. The summed E-state index contributed by atoms with van der Waals surface area (Å²) in [6, 6.07) is 7.80. The van der Waals surface area contributed by atoms with Crippen LogP contribution < -0.4 is 0 Å². The highest BCUT2D eigenvalue weighted by atomic mass is 35.5. The first kappa shape index (κ1) is 10.9. The molecule has 82 valence electrons. The van der Waals surface area contributed by atoms with Gasteiger partial charge in [0, 0.05) is 17.0 Å². The van der Waals surface area contributed by atoms with Crippen molar-refractivity contribution in [1.29, 1.82) is 0 Å². The zero-order valence-electron chi connectivity index (χ0n) is 8.58. The summed E-state index contributed by atoms with van der Waals surface area (Å²) in [5.74, 6) is 0. The van der Waals surface area contributed by atoms with Crippen molar-refractivity contribution in [1.82, 2.24) is 0 Å². The smallest absolute Gasteiger partial charge is 0.0548 e. The van der Waals surface area contributed by atoms with Crippen LogP contribution in [-0.2, 0) is 11.2 Å². The molecule has 1 aliphatic heterocycles. The molecule has 1 aromatic rings. The summed E-state index contributed by atoms with van der Waals surface area (Å²) in [6.45, 7) is 1.58. The first-order valence-corrected chi connectivity index (χ1v) is 5.55. The van der Waals surface area contributed by atoms with E-state index in [9.17, 15) is 5.11 Å². The van der Waals surface area contributed by atoms with Crippen LogP contribution >= 0.6 is 11.6 Å². The van der Waals surface area contributed by atoms with E-state index in [0.717, 1.165) is 24.5 Å². The van der Waals surface area contributed by atoms with Gasteiger partial charge in [-0.25, -0.2) is 0 Å². The van der Waals surface area contributed by atoms with Gasteiger partial charge in [-0.05, 0) is 30.5 Å². The van der Waals surface area contributed by atoms with Gasteiger partial charge in [-0.15, -0.1) is 0 Å². The number of rotatable bonds is 3. The first-order chi connectivity index (χ1) is 7.24.